The Morgan fingerprint density at radius 2 is 0.551 bits per heavy atom. The molecule has 0 saturated carbocycles. The summed E-state index contributed by atoms with van der Waals surface area (Å²) < 4.78 is 90.0. The molecule has 5 aromatic heterocycles. The van der Waals surface area contributed by atoms with E-state index in [9.17, 15) is 0 Å². The van der Waals surface area contributed by atoms with Gasteiger partial charge in [0.15, 0.2) is 33.1 Å². The Bertz CT molecular complexity index is 7660. The Balaban J connectivity index is 0.000000144. The predicted octanol–water partition coefficient (Wildman–Crippen LogP) is 31.4. The molecule has 13 aromatic carbocycles. The minimum absolute atomic E-state index is 0.369. The lowest BCUT2D eigenvalue weighted by molar-refractivity contribution is -0.659. The highest BCUT2D eigenvalue weighted by Crippen LogP contribution is 2.44. The zero-order valence-corrected chi connectivity index (χ0v) is 87.7. The maximum atomic E-state index is 8.95. The normalized spacial score (nSPS) is 13.0. The highest BCUT2D eigenvalue weighted by Gasteiger charge is 2.37. The van der Waals surface area contributed by atoms with Crippen molar-refractivity contribution < 1.29 is 33.8 Å². The van der Waals surface area contributed by atoms with Crippen LogP contribution in [0.3, 0.4) is 0 Å². The fraction of sp³-hybridized carbons (Fsp3) is 0.320. The molecule has 18 aromatic rings. The Kier molecular flexibility index (Phi) is 28.1. The van der Waals surface area contributed by atoms with Crippen molar-refractivity contribution in [3.63, 3.8) is 0 Å². The molecule has 710 valence electrons. The van der Waals surface area contributed by atoms with Crippen LogP contribution in [0.2, 0.25) is 0 Å². The standard InChI is InChI=1S/2C27H31N2.2C26H35N2.C22H21N2/c2*1-18(2)21-14-11-15-22(19(3)4)26(21)29-25-17-10-9-16-24(25)28(6)27(29)23-13-8-7-12-20(23)5;2*1-17(2)21-15-23(18(3)4)25(24(16-21)19(5)6)28-14-13-27(8)26(28)22-12-10-9-11-20(22)7;1-16-13-14-19(17(2)15-16)22-23(3)20-11-7-8-12-21(20)24(22)18-9-5-4-6-10-18/h2*7-19H,1-6H3;2*9-19H,1-8H3;4-15H,1-3H3/q5*+1/i18D,19D;;17D,18D,19D;;1D3. The summed E-state index contributed by atoms with van der Waals surface area (Å²) in [7, 11) is 10.5. The molecule has 5 heterocycles. The van der Waals surface area contributed by atoms with Gasteiger partial charge < -0.3 is 0 Å². The second-order valence-electron chi connectivity index (χ2n) is 40.2. The minimum Gasteiger partial charge on any atom is -0.232 e. The van der Waals surface area contributed by atoms with Crippen LogP contribution in [0.1, 0.15) is 298 Å². The lowest BCUT2D eigenvalue weighted by atomic mass is 9.87. The van der Waals surface area contributed by atoms with E-state index in [0.717, 1.165) is 107 Å². The molecule has 0 aliphatic heterocycles. The van der Waals surface area contributed by atoms with Gasteiger partial charge in [-0.2, -0.15) is 22.8 Å². The van der Waals surface area contributed by atoms with E-state index in [0.29, 0.717) is 35.2 Å². The molecule has 138 heavy (non-hydrogen) atoms. The summed E-state index contributed by atoms with van der Waals surface area (Å²) in [5.41, 5.74) is 36.0. The summed E-state index contributed by atoms with van der Waals surface area (Å²) in [5, 5.41) is 0. The Morgan fingerprint density at radius 1 is 0.246 bits per heavy atom. The van der Waals surface area contributed by atoms with Gasteiger partial charge in [0.2, 0.25) is 0 Å². The third-order valence-corrected chi connectivity index (χ3v) is 27.3. The molecule has 0 aliphatic rings. The summed E-state index contributed by atoms with van der Waals surface area (Å²) in [4.78, 5) is 0. The zero-order chi connectivity index (χ0) is 106. The number of para-hydroxylation sites is 9. The molecule has 10 heteroatoms. The van der Waals surface area contributed by atoms with Gasteiger partial charge in [-0.1, -0.05) is 344 Å². The molecule has 0 saturated heterocycles. The van der Waals surface area contributed by atoms with Crippen molar-refractivity contribution in [3.8, 4) is 85.4 Å². The molecule has 0 N–H and O–H groups in total. The highest BCUT2D eigenvalue weighted by atomic mass is 15.2. The van der Waals surface area contributed by atoms with E-state index >= 15 is 0 Å². The van der Waals surface area contributed by atoms with Crippen LogP contribution < -0.4 is 22.8 Å². The Hall–Kier alpha value is -13.3. The van der Waals surface area contributed by atoms with E-state index in [4.69, 9.17) is 11.0 Å². The summed E-state index contributed by atoms with van der Waals surface area (Å²) >= 11 is 0. The molecule has 0 spiro atoms. The maximum absolute atomic E-state index is 8.95. The molecular weight excluding hydrogens is 1680 g/mol. The van der Waals surface area contributed by atoms with Crippen molar-refractivity contribution in [3.05, 3.63) is 393 Å². The van der Waals surface area contributed by atoms with Gasteiger partial charge in [-0.05, 0) is 218 Å². The van der Waals surface area contributed by atoms with Crippen LogP contribution in [0, 0.1) is 41.5 Å². The highest BCUT2D eigenvalue weighted by molar-refractivity contribution is 5.84. The number of fused-ring (bicyclic) bond motifs is 3. The van der Waals surface area contributed by atoms with E-state index in [-0.39, 0.29) is 0 Å². The number of hydrogen-bond acceptors (Lipinski definition) is 0. The van der Waals surface area contributed by atoms with Crippen LogP contribution in [0.25, 0.3) is 118 Å². The number of benzene rings is 13. The monoisotopic (exact) mass is 1840 g/mol. The van der Waals surface area contributed by atoms with Gasteiger partial charge in [-0.3, -0.25) is 0 Å². The van der Waals surface area contributed by atoms with E-state index in [2.05, 4.69) is 364 Å². The van der Waals surface area contributed by atoms with Crippen LogP contribution in [0.15, 0.2) is 304 Å². The average molecular weight is 1840 g/mol. The van der Waals surface area contributed by atoms with Gasteiger partial charge in [0, 0.05) is 55.5 Å². The van der Waals surface area contributed by atoms with Crippen molar-refractivity contribution >= 4 is 33.1 Å². The van der Waals surface area contributed by atoms with Crippen LogP contribution >= 0.6 is 0 Å². The first-order valence-corrected chi connectivity index (χ1v) is 49.3. The quantitative estimate of drug-likeness (QED) is 0.0683. The largest absolute Gasteiger partial charge is 0.295 e. The average Bonchev–Trinajstić information content (AvgIpc) is 1.56. The van der Waals surface area contributed by atoms with Crippen molar-refractivity contribution in [2.45, 2.75) is 239 Å². The zero-order valence-electron chi connectivity index (χ0n) is 95.7. The van der Waals surface area contributed by atoms with Gasteiger partial charge >= 0.3 is 0 Å². The Labute approximate surface area is 837 Å². The number of hydrogen-bond donors (Lipinski definition) is 0. The predicted molar refractivity (Wildman–Crippen MR) is 584 cm³/mol. The minimum atomic E-state index is -2.10. The number of imidazole rings is 5. The molecule has 0 aliphatic carbocycles. The lowest BCUT2D eigenvalue weighted by Gasteiger charge is -2.21. The van der Waals surface area contributed by atoms with Crippen LogP contribution in [-0.2, 0) is 35.2 Å². The Morgan fingerprint density at radius 3 is 0.891 bits per heavy atom. The third kappa shape index (κ3) is 20.4. The summed E-state index contributed by atoms with van der Waals surface area (Å²) in [6, 6.07) is 96.8. The number of rotatable bonds is 20. The second-order valence-corrected chi connectivity index (χ2v) is 40.2. The SMILES string of the molecule is Cc1ccccc1-c1n(-c2c(C(C)C)cc(C(C)C)cc2C(C)C)cc[n+]1C.Cc1ccccc1-c1n(-c2c(C(C)C)cccc2C(C)C)c2ccccc2[n+]1C.[2H]C(C)(C)c1cc(C([2H])(C)C)c(-n2cc[n+](C)c2-c2ccccc2C)c(C([2H])(C)C)c1.[2H]C(C)(C)c1cccc(C([2H])(C)C)c1-n1c(-c2ccccc2C)[n+](C)c2ccccc21.[2H]C([2H])([2H])c1ccc(-c2n(-c3ccccc3)c3ccccc3[n+]2C)c(C)c1. The number of aromatic nitrogens is 10. The van der Waals surface area contributed by atoms with E-state index in [1.807, 2.05) is 182 Å². The van der Waals surface area contributed by atoms with Gasteiger partial charge in [0.1, 0.15) is 53.2 Å². The fourth-order valence-electron chi connectivity index (χ4n) is 19.8. The van der Waals surface area contributed by atoms with Crippen molar-refractivity contribution in [1.29, 1.82) is 0 Å². The molecular formula is C128H153N10+5. The molecule has 0 amide bonds. The topological polar surface area (TPSA) is 44.0 Å². The van der Waals surface area contributed by atoms with Crippen LogP contribution in [0.5, 0.6) is 0 Å². The van der Waals surface area contributed by atoms with E-state index in [1.165, 1.54) is 95.3 Å². The summed E-state index contributed by atoms with van der Waals surface area (Å²) in [6.45, 7) is 50.4. The van der Waals surface area contributed by atoms with E-state index < -0.39 is 36.3 Å². The first-order valence-electron chi connectivity index (χ1n) is 53.3. The third-order valence-electron chi connectivity index (χ3n) is 27.3. The van der Waals surface area contributed by atoms with Gasteiger partial charge in [-0.15, -0.1) is 0 Å². The van der Waals surface area contributed by atoms with Crippen LogP contribution in [-0.4, -0.2) is 22.8 Å². The maximum Gasteiger partial charge on any atom is 0.295 e. The lowest BCUT2D eigenvalue weighted by Crippen LogP contribution is -2.30. The smallest absolute Gasteiger partial charge is 0.232 e. The van der Waals surface area contributed by atoms with E-state index in [1.54, 1.807) is 12.1 Å². The number of aryl methyl sites for hydroxylation is 11. The molecule has 10 nitrogen and oxygen atoms in total. The molecule has 0 fully saturated rings. The summed E-state index contributed by atoms with van der Waals surface area (Å²) in [6.07, 6.45) is 8.44. The van der Waals surface area contributed by atoms with Crippen LogP contribution in [0.4, 0.5) is 0 Å². The van der Waals surface area contributed by atoms with Gasteiger partial charge in [0.25, 0.3) is 29.1 Å². The molecule has 0 unspecified atom stereocenters. The van der Waals surface area contributed by atoms with Crippen molar-refractivity contribution in [2.24, 2.45) is 35.2 Å². The summed E-state index contributed by atoms with van der Waals surface area (Å²) in [5.74, 6) is 3.65. The molecule has 0 bridgehead atoms. The first-order chi connectivity index (χ1) is 68.6. The molecule has 18 rings (SSSR count). The molecule has 0 atom stereocenters. The molecule has 0 radical (unpaired) electrons. The fourth-order valence-corrected chi connectivity index (χ4v) is 19.8. The van der Waals surface area contributed by atoms with Crippen molar-refractivity contribution in [2.75, 3.05) is 0 Å². The van der Waals surface area contributed by atoms with Crippen molar-refractivity contribution in [1.82, 2.24) is 22.8 Å². The first kappa shape index (κ1) is 89.9. The second kappa shape index (κ2) is 43.2. The van der Waals surface area contributed by atoms with Gasteiger partial charge in [0.05, 0.1) is 63.1 Å². The number of nitrogens with zero attached hydrogens (tertiary/aromatic N) is 10. The van der Waals surface area contributed by atoms with Gasteiger partial charge in [-0.25, -0.2) is 22.8 Å².